The van der Waals surface area contributed by atoms with Gasteiger partial charge in [0.05, 0.1) is 12.7 Å². The van der Waals surface area contributed by atoms with E-state index in [9.17, 15) is 0 Å². The predicted octanol–water partition coefficient (Wildman–Crippen LogP) is 1.41. The lowest BCUT2D eigenvalue weighted by Gasteiger charge is -2.13. The fourth-order valence-corrected chi connectivity index (χ4v) is 1.88. The first-order valence-corrected chi connectivity index (χ1v) is 6.64. The van der Waals surface area contributed by atoms with Crippen LogP contribution in [0.4, 0.5) is 0 Å². The third-order valence-corrected chi connectivity index (χ3v) is 3.12. The summed E-state index contributed by atoms with van der Waals surface area (Å²) in [4.78, 5) is 9.12. The quantitative estimate of drug-likeness (QED) is 0.722. The van der Waals surface area contributed by atoms with Gasteiger partial charge in [-0.05, 0) is 20.8 Å². The summed E-state index contributed by atoms with van der Waals surface area (Å²) in [5, 5.41) is 3.33. The molecule has 1 heterocycles. The standard InChI is InChI=1S/C14H25N3O2/c1-10(19-5)8-14-16-11(2)13(12(3)17-14)9-15-6-7-18-4/h10,15H,6-9H2,1-5H3. The van der Waals surface area contributed by atoms with Crippen molar-refractivity contribution in [2.45, 2.75) is 39.8 Å². The Kier molecular flexibility index (Phi) is 6.91. The molecule has 1 N–H and O–H groups in total. The molecule has 0 bridgehead atoms. The lowest BCUT2D eigenvalue weighted by atomic mass is 10.1. The SMILES string of the molecule is COCCNCc1c(C)nc(CC(C)OC)nc1C. The van der Waals surface area contributed by atoms with Gasteiger partial charge in [0.15, 0.2) is 0 Å². The van der Waals surface area contributed by atoms with Crippen molar-refractivity contribution < 1.29 is 9.47 Å². The number of nitrogens with zero attached hydrogens (tertiary/aromatic N) is 2. The Morgan fingerprint density at radius 1 is 1.16 bits per heavy atom. The molecule has 0 radical (unpaired) electrons. The van der Waals surface area contributed by atoms with Crippen molar-refractivity contribution in [1.82, 2.24) is 15.3 Å². The van der Waals surface area contributed by atoms with E-state index in [-0.39, 0.29) is 6.10 Å². The molecule has 1 aromatic rings. The van der Waals surface area contributed by atoms with Gasteiger partial charge in [-0.15, -0.1) is 0 Å². The molecule has 0 saturated heterocycles. The van der Waals surface area contributed by atoms with Gasteiger partial charge in [0.25, 0.3) is 0 Å². The number of nitrogens with one attached hydrogen (secondary N) is 1. The van der Waals surface area contributed by atoms with Crippen LogP contribution in [0.15, 0.2) is 0 Å². The van der Waals surface area contributed by atoms with Gasteiger partial charge in [0.1, 0.15) is 5.82 Å². The van der Waals surface area contributed by atoms with Gasteiger partial charge < -0.3 is 14.8 Å². The zero-order valence-electron chi connectivity index (χ0n) is 12.6. The summed E-state index contributed by atoms with van der Waals surface area (Å²) in [7, 11) is 3.41. The van der Waals surface area contributed by atoms with Gasteiger partial charge >= 0.3 is 0 Å². The van der Waals surface area contributed by atoms with E-state index in [2.05, 4.69) is 15.3 Å². The van der Waals surface area contributed by atoms with Crippen molar-refractivity contribution in [2.75, 3.05) is 27.4 Å². The van der Waals surface area contributed by atoms with Crippen LogP contribution < -0.4 is 5.32 Å². The molecule has 0 amide bonds. The minimum Gasteiger partial charge on any atom is -0.383 e. The third-order valence-electron chi connectivity index (χ3n) is 3.12. The molecule has 0 saturated carbocycles. The number of methoxy groups -OCH3 is 2. The number of rotatable bonds is 8. The third kappa shape index (κ3) is 5.22. The van der Waals surface area contributed by atoms with Crippen LogP contribution in [0.25, 0.3) is 0 Å². The number of hydrogen-bond donors (Lipinski definition) is 1. The van der Waals surface area contributed by atoms with Crippen molar-refractivity contribution in [3.63, 3.8) is 0 Å². The van der Waals surface area contributed by atoms with E-state index in [0.29, 0.717) is 6.61 Å². The van der Waals surface area contributed by atoms with E-state index in [4.69, 9.17) is 9.47 Å². The maximum absolute atomic E-state index is 5.25. The van der Waals surface area contributed by atoms with Gasteiger partial charge in [-0.1, -0.05) is 0 Å². The Hall–Kier alpha value is -1.04. The molecule has 5 heteroatoms. The summed E-state index contributed by atoms with van der Waals surface area (Å²) < 4.78 is 10.3. The van der Waals surface area contributed by atoms with Gasteiger partial charge in [-0.3, -0.25) is 0 Å². The molecule has 1 unspecified atom stereocenters. The summed E-state index contributed by atoms with van der Waals surface area (Å²) in [5.41, 5.74) is 3.25. The molecular formula is C14H25N3O2. The molecule has 0 aliphatic heterocycles. The summed E-state index contributed by atoms with van der Waals surface area (Å²) in [6, 6.07) is 0. The van der Waals surface area contributed by atoms with Crippen LogP contribution in [0.2, 0.25) is 0 Å². The fraction of sp³-hybridized carbons (Fsp3) is 0.714. The second kappa shape index (κ2) is 8.19. The zero-order chi connectivity index (χ0) is 14.3. The van der Waals surface area contributed by atoms with E-state index < -0.39 is 0 Å². The van der Waals surface area contributed by atoms with E-state index in [1.54, 1.807) is 14.2 Å². The molecule has 1 aromatic heterocycles. The summed E-state index contributed by atoms with van der Waals surface area (Å²) in [5.74, 6) is 0.852. The van der Waals surface area contributed by atoms with Crippen LogP contribution in [-0.4, -0.2) is 43.4 Å². The molecule has 0 aliphatic rings. The second-order valence-corrected chi connectivity index (χ2v) is 4.71. The highest BCUT2D eigenvalue weighted by molar-refractivity contribution is 5.24. The predicted molar refractivity (Wildman–Crippen MR) is 75.3 cm³/mol. The Morgan fingerprint density at radius 2 is 1.79 bits per heavy atom. The highest BCUT2D eigenvalue weighted by Crippen LogP contribution is 2.11. The maximum atomic E-state index is 5.25. The molecule has 0 fully saturated rings. The van der Waals surface area contributed by atoms with Gasteiger partial charge in [-0.2, -0.15) is 0 Å². The molecule has 5 nitrogen and oxygen atoms in total. The van der Waals surface area contributed by atoms with Crippen molar-refractivity contribution in [3.8, 4) is 0 Å². The first-order valence-electron chi connectivity index (χ1n) is 6.64. The Morgan fingerprint density at radius 3 is 2.32 bits per heavy atom. The van der Waals surface area contributed by atoms with Crippen LogP contribution in [0, 0.1) is 13.8 Å². The molecule has 19 heavy (non-hydrogen) atoms. The Balaban J connectivity index is 2.68. The number of aryl methyl sites for hydroxylation is 2. The fourth-order valence-electron chi connectivity index (χ4n) is 1.88. The van der Waals surface area contributed by atoms with Crippen molar-refractivity contribution in [3.05, 3.63) is 22.8 Å². The van der Waals surface area contributed by atoms with Crippen molar-refractivity contribution in [1.29, 1.82) is 0 Å². The monoisotopic (exact) mass is 267 g/mol. The lowest BCUT2D eigenvalue weighted by molar-refractivity contribution is 0.117. The first kappa shape index (κ1) is 16.0. The molecule has 108 valence electrons. The molecule has 1 atom stereocenters. The molecule has 0 aliphatic carbocycles. The van der Waals surface area contributed by atoms with Crippen LogP contribution in [-0.2, 0) is 22.4 Å². The summed E-state index contributed by atoms with van der Waals surface area (Å²) in [6.45, 7) is 8.40. The van der Waals surface area contributed by atoms with Crippen molar-refractivity contribution >= 4 is 0 Å². The highest BCUT2D eigenvalue weighted by Gasteiger charge is 2.10. The normalized spacial score (nSPS) is 12.7. The summed E-state index contributed by atoms with van der Waals surface area (Å²) >= 11 is 0. The average Bonchev–Trinajstić information content (AvgIpc) is 2.37. The zero-order valence-corrected chi connectivity index (χ0v) is 12.6. The second-order valence-electron chi connectivity index (χ2n) is 4.71. The highest BCUT2D eigenvalue weighted by atomic mass is 16.5. The molecule has 0 spiro atoms. The first-order chi connectivity index (χ1) is 9.08. The van der Waals surface area contributed by atoms with E-state index in [1.165, 1.54) is 5.56 Å². The van der Waals surface area contributed by atoms with E-state index >= 15 is 0 Å². The van der Waals surface area contributed by atoms with Gasteiger partial charge in [-0.25, -0.2) is 9.97 Å². The van der Waals surface area contributed by atoms with Gasteiger partial charge in [0, 0.05) is 50.7 Å². The van der Waals surface area contributed by atoms with E-state index in [1.807, 2.05) is 20.8 Å². The Bertz CT molecular complexity index is 373. The lowest BCUT2D eigenvalue weighted by Crippen LogP contribution is -2.21. The molecule has 1 rings (SSSR count). The molecule has 0 aromatic carbocycles. The molecular weight excluding hydrogens is 242 g/mol. The topological polar surface area (TPSA) is 56.3 Å². The van der Waals surface area contributed by atoms with Crippen molar-refractivity contribution in [2.24, 2.45) is 0 Å². The number of hydrogen-bond acceptors (Lipinski definition) is 5. The van der Waals surface area contributed by atoms with Crippen LogP contribution >= 0.6 is 0 Å². The largest absolute Gasteiger partial charge is 0.383 e. The number of aromatic nitrogens is 2. The summed E-state index contributed by atoms with van der Waals surface area (Å²) in [6.07, 6.45) is 0.889. The maximum Gasteiger partial charge on any atom is 0.131 e. The number of ether oxygens (including phenoxy) is 2. The van der Waals surface area contributed by atoms with Crippen LogP contribution in [0.1, 0.15) is 29.7 Å². The van der Waals surface area contributed by atoms with Crippen LogP contribution in [0.5, 0.6) is 0 Å². The smallest absolute Gasteiger partial charge is 0.131 e. The van der Waals surface area contributed by atoms with Gasteiger partial charge in [0.2, 0.25) is 0 Å². The van der Waals surface area contributed by atoms with Crippen LogP contribution in [0.3, 0.4) is 0 Å². The Labute approximate surface area is 115 Å². The minimum atomic E-state index is 0.143. The minimum absolute atomic E-state index is 0.143. The van der Waals surface area contributed by atoms with E-state index in [0.717, 1.165) is 36.7 Å². The average molecular weight is 267 g/mol.